The lowest BCUT2D eigenvalue weighted by Crippen LogP contribution is -2.18. The Morgan fingerprint density at radius 1 is 1.04 bits per heavy atom. The summed E-state index contributed by atoms with van der Waals surface area (Å²) in [6, 6.07) is 11.7. The highest BCUT2D eigenvalue weighted by Crippen LogP contribution is 2.25. The van der Waals surface area contributed by atoms with Crippen LogP contribution in [-0.4, -0.2) is 30.7 Å². The summed E-state index contributed by atoms with van der Waals surface area (Å²) >= 11 is 0. The first-order chi connectivity index (χ1) is 12.0. The third-order valence-electron chi connectivity index (χ3n) is 3.22. The molecule has 2 aromatic carbocycles. The number of nitro benzene ring substituents is 1. The summed E-state index contributed by atoms with van der Waals surface area (Å²) < 4.78 is 15.7. The number of hydrogen-bond acceptors (Lipinski definition) is 6. The van der Waals surface area contributed by atoms with Gasteiger partial charge in [0, 0.05) is 6.07 Å². The zero-order chi connectivity index (χ0) is 18.2. The molecule has 0 aliphatic heterocycles. The molecule has 0 fully saturated rings. The van der Waals surface area contributed by atoms with Crippen molar-refractivity contribution < 1.29 is 23.9 Å². The van der Waals surface area contributed by atoms with Crippen molar-refractivity contribution in [1.29, 1.82) is 0 Å². The van der Waals surface area contributed by atoms with Gasteiger partial charge in [-0.2, -0.15) is 0 Å². The lowest BCUT2D eigenvalue weighted by atomic mass is 10.1. The molecule has 0 unspecified atom stereocenters. The zero-order valence-electron chi connectivity index (χ0n) is 14.1. The van der Waals surface area contributed by atoms with Crippen LogP contribution in [0.4, 0.5) is 5.69 Å². The van der Waals surface area contributed by atoms with E-state index in [-0.39, 0.29) is 24.7 Å². The first kappa shape index (κ1) is 18.3. The molecule has 25 heavy (non-hydrogen) atoms. The maximum atomic E-state index is 11.6. The van der Waals surface area contributed by atoms with Crippen LogP contribution in [0.2, 0.25) is 0 Å². The Morgan fingerprint density at radius 2 is 1.72 bits per heavy atom. The Kier molecular flexibility index (Phi) is 6.33. The molecule has 7 nitrogen and oxygen atoms in total. The molecule has 0 atom stereocenters. The van der Waals surface area contributed by atoms with Crippen molar-refractivity contribution in [3.05, 3.63) is 63.7 Å². The first-order valence-electron chi connectivity index (χ1n) is 7.68. The number of ether oxygens (including phenoxy) is 3. The molecule has 0 aliphatic carbocycles. The Hall–Kier alpha value is -3.09. The summed E-state index contributed by atoms with van der Waals surface area (Å²) in [5.41, 5.74) is 1.98. The van der Waals surface area contributed by atoms with Gasteiger partial charge in [0.25, 0.3) is 0 Å². The van der Waals surface area contributed by atoms with Crippen molar-refractivity contribution in [3.8, 4) is 11.5 Å². The monoisotopic (exact) mass is 345 g/mol. The van der Waals surface area contributed by atoms with Gasteiger partial charge in [-0.05, 0) is 43.2 Å². The zero-order valence-corrected chi connectivity index (χ0v) is 14.1. The Morgan fingerprint density at radius 3 is 2.40 bits per heavy atom. The van der Waals surface area contributed by atoms with Crippen LogP contribution in [0, 0.1) is 24.0 Å². The molecular formula is C18H19NO6. The van der Waals surface area contributed by atoms with Gasteiger partial charge in [0.1, 0.15) is 19.0 Å². The number of esters is 1. The molecule has 7 heteroatoms. The summed E-state index contributed by atoms with van der Waals surface area (Å²) in [7, 11) is 0. The minimum atomic E-state index is -0.623. The molecule has 0 saturated carbocycles. The number of aryl methyl sites for hydroxylation is 2. The van der Waals surface area contributed by atoms with Crippen LogP contribution in [-0.2, 0) is 9.53 Å². The largest absolute Gasteiger partial charge is 0.490 e. The van der Waals surface area contributed by atoms with Gasteiger partial charge in [-0.15, -0.1) is 0 Å². The van der Waals surface area contributed by atoms with Gasteiger partial charge < -0.3 is 14.2 Å². The van der Waals surface area contributed by atoms with Crippen LogP contribution in [0.1, 0.15) is 11.1 Å². The SMILES string of the molecule is Cc1cc(C)cc(OCCOC(=O)COc2ccccc2[N+](=O)[O-])c1. The van der Waals surface area contributed by atoms with Crippen LogP contribution in [0.25, 0.3) is 0 Å². The molecule has 0 heterocycles. The lowest BCUT2D eigenvalue weighted by Gasteiger charge is -2.09. The number of rotatable bonds is 8. The number of hydrogen-bond donors (Lipinski definition) is 0. The summed E-state index contributed by atoms with van der Waals surface area (Å²) in [5.74, 6) is 0.114. The van der Waals surface area contributed by atoms with Gasteiger partial charge >= 0.3 is 11.7 Å². The minimum Gasteiger partial charge on any atom is -0.490 e. The highest BCUT2D eigenvalue weighted by Gasteiger charge is 2.15. The maximum Gasteiger partial charge on any atom is 0.344 e. The van der Waals surface area contributed by atoms with Gasteiger partial charge in [0.05, 0.1) is 4.92 Å². The summed E-state index contributed by atoms with van der Waals surface area (Å²) in [5, 5.41) is 10.9. The van der Waals surface area contributed by atoms with Crippen LogP contribution in [0.5, 0.6) is 11.5 Å². The molecule has 132 valence electrons. The fourth-order valence-electron chi connectivity index (χ4n) is 2.24. The molecule has 0 aromatic heterocycles. The van der Waals surface area contributed by atoms with E-state index in [9.17, 15) is 14.9 Å². The molecule has 2 rings (SSSR count). The maximum absolute atomic E-state index is 11.6. The number of para-hydroxylation sites is 2. The topological polar surface area (TPSA) is 87.9 Å². The van der Waals surface area contributed by atoms with Crippen molar-refractivity contribution in [2.45, 2.75) is 13.8 Å². The molecule has 0 amide bonds. The number of carbonyl (C=O) groups excluding carboxylic acids is 1. The molecule has 0 spiro atoms. The van der Waals surface area contributed by atoms with Crippen molar-refractivity contribution in [1.82, 2.24) is 0 Å². The second kappa shape index (κ2) is 8.68. The molecular weight excluding hydrogens is 326 g/mol. The van der Waals surface area contributed by atoms with Crippen LogP contribution in [0.15, 0.2) is 42.5 Å². The van der Waals surface area contributed by atoms with Crippen LogP contribution in [0.3, 0.4) is 0 Å². The van der Waals surface area contributed by atoms with Gasteiger partial charge in [-0.1, -0.05) is 18.2 Å². The number of benzene rings is 2. The van der Waals surface area contributed by atoms with E-state index in [0.29, 0.717) is 5.75 Å². The van der Waals surface area contributed by atoms with E-state index in [2.05, 4.69) is 0 Å². The normalized spacial score (nSPS) is 10.2. The average molecular weight is 345 g/mol. The summed E-state index contributed by atoms with van der Waals surface area (Å²) in [4.78, 5) is 21.9. The molecule has 0 radical (unpaired) electrons. The lowest BCUT2D eigenvalue weighted by molar-refractivity contribution is -0.385. The fourth-order valence-corrected chi connectivity index (χ4v) is 2.24. The second-order valence-electron chi connectivity index (χ2n) is 5.41. The average Bonchev–Trinajstić information content (AvgIpc) is 2.56. The van der Waals surface area contributed by atoms with Gasteiger partial charge in [-0.25, -0.2) is 4.79 Å². The van der Waals surface area contributed by atoms with E-state index in [1.54, 1.807) is 6.07 Å². The van der Waals surface area contributed by atoms with Crippen molar-refractivity contribution >= 4 is 11.7 Å². The predicted octanol–water partition coefficient (Wildman–Crippen LogP) is 3.21. The molecule has 0 bridgehead atoms. The second-order valence-corrected chi connectivity index (χ2v) is 5.41. The highest BCUT2D eigenvalue weighted by atomic mass is 16.6. The van der Waals surface area contributed by atoms with Crippen molar-refractivity contribution in [2.75, 3.05) is 19.8 Å². The van der Waals surface area contributed by atoms with E-state index in [1.165, 1.54) is 18.2 Å². The van der Waals surface area contributed by atoms with E-state index < -0.39 is 17.5 Å². The number of carbonyl (C=O) groups is 1. The Balaban J connectivity index is 1.73. The van der Waals surface area contributed by atoms with Crippen LogP contribution < -0.4 is 9.47 Å². The Labute approximate surface area is 145 Å². The van der Waals surface area contributed by atoms with E-state index in [4.69, 9.17) is 14.2 Å². The fraction of sp³-hybridized carbons (Fsp3) is 0.278. The third-order valence-corrected chi connectivity index (χ3v) is 3.22. The van der Waals surface area contributed by atoms with Gasteiger partial charge in [0.2, 0.25) is 0 Å². The summed E-state index contributed by atoms with van der Waals surface area (Å²) in [6.07, 6.45) is 0. The van der Waals surface area contributed by atoms with Gasteiger partial charge in [-0.3, -0.25) is 10.1 Å². The highest BCUT2D eigenvalue weighted by molar-refractivity contribution is 5.71. The first-order valence-corrected chi connectivity index (χ1v) is 7.68. The molecule has 2 aromatic rings. The molecule has 0 N–H and O–H groups in total. The minimum absolute atomic E-state index is 0.0240. The number of nitro groups is 1. The van der Waals surface area contributed by atoms with Gasteiger partial charge in [0.15, 0.2) is 12.4 Å². The van der Waals surface area contributed by atoms with Crippen molar-refractivity contribution in [3.63, 3.8) is 0 Å². The van der Waals surface area contributed by atoms with Crippen molar-refractivity contribution in [2.24, 2.45) is 0 Å². The quantitative estimate of drug-likeness (QED) is 0.316. The smallest absolute Gasteiger partial charge is 0.344 e. The molecule has 0 aliphatic rings. The Bertz CT molecular complexity index is 739. The predicted molar refractivity (Wildman–Crippen MR) is 91.0 cm³/mol. The van der Waals surface area contributed by atoms with E-state index in [1.807, 2.05) is 32.0 Å². The van der Waals surface area contributed by atoms with E-state index in [0.717, 1.165) is 11.1 Å². The third kappa shape index (κ3) is 5.80. The number of nitrogens with zero attached hydrogens (tertiary/aromatic N) is 1. The standard InChI is InChI=1S/C18H19NO6/c1-13-9-14(2)11-15(10-13)23-7-8-24-18(20)12-25-17-6-4-3-5-16(17)19(21)22/h3-6,9-11H,7-8,12H2,1-2H3. The van der Waals surface area contributed by atoms with Crippen LogP contribution >= 0.6 is 0 Å². The molecule has 0 saturated heterocycles. The van der Waals surface area contributed by atoms with E-state index >= 15 is 0 Å². The summed E-state index contributed by atoms with van der Waals surface area (Å²) in [6.45, 7) is 3.81.